The molecule has 4 heteroatoms. The molecule has 1 N–H and O–H groups in total. The van der Waals surface area contributed by atoms with Gasteiger partial charge in [-0.05, 0) is 61.3 Å². The minimum atomic E-state index is 0.152. The van der Waals surface area contributed by atoms with Gasteiger partial charge in [-0.2, -0.15) is 0 Å². The van der Waals surface area contributed by atoms with Crippen LogP contribution >= 0.6 is 47.8 Å². The quantitative estimate of drug-likeness (QED) is 0.600. The second-order valence-electron chi connectivity index (χ2n) is 4.80. The lowest BCUT2D eigenvalue weighted by atomic mass is 9.94. The summed E-state index contributed by atoms with van der Waals surface area (Å²) in [6.45, 7) is 4.23. The zero-order valence-corrected chi connectivity index (χ0v) is 16.4. The molecular weight excluding hydrogens is 446 g/mol. The summed E-state index contributed by atoms with van der Waals surface area (Å²) in [5.41, 5.74) is 4.99. The highest BCUT2D eigenvalue weighted by atomic mass is 79.9. The van der Waals surface area contributed by atoms with Crippen LogP contribution in [0.25, 0.3) is 0 Å². The Balaban J connectivity index is 2.58. The van der Waals surface area contributed by atoms with Gasteiger partial charge in [-0.15, -0.1) is 0 Å². The monoisotopic (exact) mass is 459 g/mol. The molecule has 1 nitrogen and oxygen atoms in total. The van der Waals surface area contributed by atoms with E-state index in [0.29, 0.717) is 0 Å². The van der Waals surface area contributed by atoms with Crippen molar-refractivity contribution in [2.45, 2.75) is 19.9 Å². The minimum Gasteiger partial charge on any atom is -0.309 e. The van der Waals surface area contributed by atoms with Crippen molar-refractivity contribution in [2.24, 2.45) is 0 Å². The summed E-state index contributed by atoms with van der Waals surface area (Å²) in [7, 11) is 1.99. The number of aryl methyl sites for hydroxylation is 1. The number of nitrogens with one attached hydrogen (secondary N) is 1. The third-order valence-corrected chi connectivity index (χ3v) is 5.90. The van der Waals surface area contributed by atoms with Crippen molar-refractivity contribution in [2.75, 3.05) is 7.05 Å². The van der Waals surface area contributed by atoms with Crippen molar-refractivity contribution in [3.05, 3.63) is 66.0 Å². The van der Waals surface area contributed by atoms with Crippen molar-refractivity contribution < 1.29 is 0 Å². The molecule has 2 aromatic rings. The Bertz CT molecular complexity index is 638. The molecule has 0 saturated heterocycles. The van der Waals surface area contributed by atoms with E-state index in [-0.39, 0.29) is 6.04 Å². The van der Waals surface area contributed by atoms with E-state index in [1.54, 1.807) is 0 Å². The van der Waals surface area contributed by atoms with Crippen LogP contribution in [0.3, 0.4) is 0 Å². The van der Waals surface area contributed by atoms with Gasteiger partial charge in [-0.1, -0.05) is 59.9 Å². The molecule has 1 unspecified atom stereocenters. The first-order valence-electron chi connectivity index (χ1n) is 6.33. The topological polar surface area (TPSA) is 12.0 Å². The first-order chi connectivity index (χ1) is 9.45. The zero-order valence-electron chi connectivity index (χ0n) is 11.6. The number of benzene rings is 2. The molecule has 0 saturated carbocycles. The van der Waals surface area contributed by atoms with Crippen LogP contribution in [0.5, 0.6) is 0 Å². The molecule has 0 radical (unpaired) electrons. The van der Waals surface area contributed by atoms with Crippen molar-refractivity contribution in [1.29, 1.82) is 0 Å². The average molecular weight is 462 g/mol. The summed E-state index contributed by atoms with van der Waals surface area (Å²) < 4.78 is 3.39. The first kappa shape index (κ1) is 16.2. The normalized spacial score (nSPS) is 12.5. The van der Waals surface area contributed by atoms with E-state index in [1.165, 1.54) is 22.3 Å². The lowest BCUT2D eigenvalue weighted by molar-refractivity contribution is 0.683. The highest BCUT2D eigenvalue weighted by molar-refractivity contribution is 9.11. The maximum atomic E-state index is 3.69. The van der Waals surface area contributed by atoms with Gasteiger partial charge in [0.2, 0.25) is 0 Å². The molecule has 0 amide bonds. The Kier molecular flexibility index (Phi) is 5.46. The second-order valence-corrected chi connectivity index (χ2v) is 7.36. The van der Waals surface area contributed by atoms with Crippen LogP contribution in [-0.4, -0.2) is 7.05 Å². The molecule has 0 aliphatic carbocycles. The van der Waals surface area contributed by atoms with Crippen molar-refractivity contribution >= 4 is 47.8 Å². The number of rotatable bonds is 3. The first-order valence-corrected chi connectivity index (χ1v) is 8.71. The highest BCUT2D eigenvalue weighted by Crippen LogP contribution is 2.35. The smallest absolute Gasteiger partial charge is 0.0588 e. The molecule has 20 heavy (non-hydrogen) atoms. The van der Waals surface area contributed by atoms with Gasteiger partial charge in [-0.25, -0.2) is 0 Å². The third kappa shape index (κ3) is 3.19. The Morgan fingerprint density at radius 2 is 1.60 bits per heavy atom. The maximum Gasteiger partial charge on any atom is 0.0588 e. The Morgan fingerprint density at radius 3 is 2.25 bits per heavy atom. The highest BCUT2D eigenvalue weighted by Gasteiger charge is 2.18. The van der Waals surface area contributed by atoms with Crippen molar-refractivity contribution in [3.8, 4) is 0 Å². The molecule has 2 aromatic carbocycles. The van der Waals surface area contributed by atoms with E-state index in [0.717, 1.165) is 13.4 Å². The molecule has 0 aliphatic rings. The predicted molar refractivity (Wildman–Crippen MR) is 96.4 cm³/mol. The summed E-state index contributed by atoms with van der Waals surface area (Å²) in [5.74, 6) is 0. The van der Waals surface area contributed by atoms with E-state index in [1.807, 2.05) is 7.05 Å². The van der Waals surface area contributed by atoms with Gasteiger partial charge in [0, 0.05) is 13.4 Å². The minimum absolute atomic E-state index is 0.152. The summed E-state index contributed by atoms with van der Waals surface area (Å²) in [6.07, 6.45) is 0. The van der Waals surface area contributed by atoms with Gasteiger partial charge >= 0.3 is 0 Å². The van der Waals surface area contributed by atoms with Crippen LogP contribution in [0.2, 0.25) is 0 Å². The van der Waals surface area contributed by atoms with E-state index >= 15 is 0 Å². The lowest BCUT2D eigenvalue weighted by Crippen LogP contribution is -2.19. The van der Waals surface area contributed by atoms with Crippen molar-refractivity contribution in [3.63, 3.8) is 0 Å². The van der Waals surface area contributed by atoms with Crippen LogP contribution in [0.15, 0.2) is 43.7 Å². The Hall–Kier alpha value is -0.160. The molecule has 106 valence electrons. The van der Waals surface area contributed by atoms with E-state index in [9.17, 15) is 0 Å². The van der Waals surface area contributed by atoms with E-state index in [2.05, 4.69) is 97.3 Å². The molecule has 0 aliphatic heterocycles. The fraction of sp³-hybridized carbons (Fsp3) is 0.250. The summed E-state index contributed by atoms with van der Waals surface area (Å²) in [6, 6.07) is 10.8. The number of hydrogen-bond donors (Lipinski definition) is 1. The van der Waals surface area contributed by atoms with Gasteiger partial charge in [0.05, 0.1) is 6.04 Å². The van der Waals surface area contributed by atoms with E-state index < -0.39 is 0 Å². The average Bonchev–Trinajstić information content (AvgIpc) is 2.41. The predicted octanol–water partition coefficient (Wildman–Crippen LogP) is 5.90. The molecule has 1 atom stereocenters. The fourth-order valence-electron chi connectivity index (χ4n) is 2.30. The largest absolute Gasteiger partial charge is 0.309 e. The number of hydrogen-bond acceptors (Lipinski definition) is 1. The molecular formula is C16H16Br3N. The van der Waals surface area contributed by atoms with Crippen LogP contribution in [0.4, 0.5) is 0 Å². The van der Waals surface area contributed by atoms with Gasteiger partial charge in [0.1, 0.15) is 0 Å². The second kappa shape index (κ2) is 6.73. The molecule has 2 rings (SSSR count). The Morgan fingerprint density at radius 1 is 0.900 bits per heavy atom. The van der Waals surface area contributed by atoms with Crippen LogP contribution < -0.4 is 5.32 Å². The maximum absolute atomic E-state index is 3.69. The summed E-state index contributed by atoms with van der Waals surface area (Å²) in [5, 5.41) is 3.42. The molecule has 0 spiro atoms. The molecule has 0 fully saturated rings. The standard InChI is InChI=1S/C16H16Br3N/c1-9-7-15(19)12(8-14(9)18)16(20-3)11-5-4-6-13(17)10(11)2/h4-8,16,20H,1-3H3. The summed E-state index contributed by atoms with van der Waals surface area (Å²) >= 11 is 10.9. The fourth-order valence-corrected chi connectivity index (χ4v) is 3.73. The summed E-state index contributed by atoms with van der Waals surface area (Å²) in [4.78, 5) is 0. The van der Waals surface area contributed by atoms with E-state index in [4.69, 9.17) is 0 Å². The van der Waals surface area contributed by atoms with Gasteiger partial charge in [0.25, 0.3) is 0 Å². The van der Waals surface area contributed by atoms with Gasteiger partial charge in [-0.3, -0.25) is 0 Å². The zero-order chi connectivity index (χ0) is 14.9. The van der Waals surface area contributed by atoms with Gasteiger partial charge in [0.15, 0.2) is 0 Å². The van der Waals surface area contributed by atoms with Crippen LogP contribution in [0.1, 0.15) is 28.3 Å². The third-order valence-electron chi connectivity index (χ3n) is 3.50. The van der Waals surface area contributed by atoms with Gasteiger partial charge < -0.3 is 5.32 Å². The van der Waals surface area contributed by atoms with Crippen molar-refractivity contribution in [1.82, 2.24) is 5.32 Å². The molecule has 0 heterocycles. The Labute approximate surface area is 145 Å². The van der Waals surface area contributed by atoms with Crippen LogP contribution in [0, 0.1) is 13.8 Å². The lowest BCUT2D eigenvalue weighted by Gasteiger charge is -2.22. The molecule has 0 bridgehead atoms. The number of halogens is 3. The SMILES string of the molecule is CNC(c1cc(Br)c(C)cc1Br)c1cccc(Br)c1C. The van der Waals surface area contributed by atoms with Crippen LogP contribution in [-0.2, 0) is 0 Å². The molecule has 0 aromatic heterocycles.